The fraction of sp³-hybridized carbons (Fsp3) is 0.105. The molecule has 0 aliphatic carbocycles. The summed E-state index contributed by atoms with van der Waals surface area (Å²) in [6.45, 7) is 0. The molecule has 2 heterocycles. The van der Waals surface area contributed by atoms with Gasteiger partial charge in [0, 0.05) is 22.9 Å². The molecule has 0 radical (unpaired) electrons. The van der Waals surface area contributed by atoms with Crippen molar-refractivity contribution in [3.63, 3.8) is 0 Å². The van der Waals surface area contributed by atoms with E-state index >= 15 is 0 Å². The topological polar surface area (TPSA) is 81.0 Å². The second kappa shape index (κ2) is 7.05. The number of methoxy groups -OCH3 is 1. The predicted octanol–water partition coefficient (Wildman–Crippen LogP) is 4.30. The van der Waals surface area contributed by atoms with E-state index in [-0.39, 0.29) is 5.97 Å². The molecule has 0 saturated carbocycles. The summed E-state index contributed by atoms with van der Waals surface area (Å²) in [5.74, 6) is 0.812. The second-order valence-corrected chi connectivity index (χ2v) is 6.52. The monoisotopic (exact) mass is 365 g/mol. The average molecular weight is 365 g/mol. The van der Waals surface area contributed by atoms with Gasteiger partial charge in [-0.1, -0.05) is 42.1 Å². The van der Waals surface area contributed by atoms with E-state index in [9.17, 15) is 4.79 Å². The number of hydrogen-bond acceptors (Lipinski definition) is 6. The summed E-state index contributed by atoms with van der Waals surface area (Å²) < 4.78 is 10.5. The number of ether oxygens (including phenoxy) is 1. The number of aromatic amines is 1. The van der Waals surface area contributed by atoms with Crippen LogP contribution in [0.1, 0.15) is 15.9 Å². The molecule has 0 unspecified atom stereocenters. The van der Waals surface area contributed by atoms with Crippen molar-refractivity contribution in [1.29, 1.82) is 0 Å². The number of nitrogens with zero attached hydrogens (tertiary/aromatic N) is 2. The van der Waals surface area contributed by atoms with Gasteiger partial charge < -0.3 is 14.1 Å². The number of rotatable bonds is 5. The number of para-hydroxylation sites is 1. The van der Waals surface area contributed by atoms with Crippen LogP contribution in [0.25, 0.3) is 22.4 Å². The van der Waals surface area contributed by atoms with Gasteiger partial charge in [-0.05, 0) is 23.8 Å². The molecule has 1 N–H and O–H groups in total. The number of nitrogens with one attached hydrogen (secondary N) is 1. The summed E-state index contributed by atoms with van der Waals surface area (Å²) in [6, 6.07) is 15.2. The van der Waals surface area contributed by atoms with E-state index in [1.807, 2.05) is 42.6 Å². The molecule has 0 saturated heterocycles. The first-order valence-electron chi connectivity index (χ1n) is 7.94. The number of carbonyl (C=O) groups excluding carboxylic acids is 1. The van der Waals surface area contributed by atoms with Gasteiger partial charge in [0.2, 0.25) is 0 Å². The standard InChI is InChI=1S/C19H15N3O3S/c1-24-18(23)13-8-6-12(7-9-13)11-26-19-22-21-17(25-19)15-10-20-16-5-3-2-4-14(15)16/h2-10,20H,11H2,1H3. The minimum atomic E-state index is -0.343. The third-order valence-electron chi connectivity index (χ3n) is 3.96. The molecule has 6 nitrogen and oxygen atoms in total. The first kappa shape index (κ1) is 16.4. The van der Waals surface area contributed by atoms with E-state index in [0.29, 0.717) is 22.4 Å². The van der Waals surface area contributed by atoms with Gasteiger partial charge in [-0.15, -0.1) is 10.2 Å². The van der Waals surface area contributed by atoms with Gasteiger partial charge >= 0.3 is 5.97 Å². The van der Waals surface area contributed by atoms with E-state index in [0.717, 1.165) is 22.0 Å². The van der Waals surface area contributed by atoms with Crippen LogP contribution in [0.3, 0.4) is 0 Å². The lowest BCUT2D eigenvalue weighted by Crippen LogP contribution is -2.00. The molecular formula is C19H15N3O3S. The number of fused-ring (bicyclic) bond motifs is 1. The summed E-state index contributed by atoms with van der Waals surface area (Å²) in [5.41, 5.74) is 3.50. The van der Waals surface area contributed by atoms with Gasteiger partial charge in [-0.2, -0.15) is 0 Å². The Bertz CT molecular complexity index is 1050. The van der Waals surface area contributed by atoms with Crippen LogP contribution in [0.2, 0.25) is 0 Å². The van der Waals surface area contributed by atoms with Crippen molar-refractivity contribution < 1.29 is 13.9 Å². The van der Waals surface area contributed by atoms with Crippen LogP contribution in [0.15, 0.2) is 64.4 Å². The largest absolute Gasteiger partial charge is 0.465 e. The van der Waals surface area contributed by atoms with E-state index < -0.39 is 0 Å². The van der Waals surface area contributed by atoms with Crippen LogP contribution < -0.4 is 0 Å². The highest BCUT2D eigenvalue weighted by molar-refractivity contribution is 7.98. The van der Waals surface area contributed by atoms with Gasteiger partial charge in [0.25, 0.3) is 11.1 Å². The number of esters is 1. The molecule has 2 aromatic carbocycles. The molecule has 0 atom stereocenters. The van der Waals surface area contributed by atoms with Crippen molar-refractivity contribution in [3.8, 4) is 11.5 Å². The Kier molecular flexibility index (Phi) is 4.45. The highest BCUT2D eigenvalue weighted by Crippen LogP contribution is 2.30. The average Bonchev–Trinajstić information content (AvgIpc) is 3.32. The maximum Gasteiger partial charge on any atom is 0.337 e. The molecule has 4 rings (SSSR count). The Morgan fingerprint density at radius 1 is 1.15 bits per heavy atom. The summed E-state index contributed by atoms with van der Waals surface area (Å²) in [7, 11) is 1.37. The maximum absolute atomic E-state index is 11.4. The lowest BCUT2D eigenvalue weighted by Gasteiger charge is -2.01. The third kappa shape index (κ3) is 3.21. The third-order valence-corrected chi connectivity index (χ3v) is 4.85. The van der Waals surface area contributed by atoms with Gasteiger partial charge in [-0.3, -0.25) is 0 Å². The van der Waals surface area contributed by atoms with Crippen LogP contribution in [0, 0.1) is 0 Å². The fourth-order valence-corrected chi connectivity index (χ4v) is 3.34. The summed E-state index contributed by atoms with van der Waals surface area (Å²) in [5, 5.41) is 9.81. The number of hydrogen-bond donors (Lipinski definition) is 1. The van der Waals surface area contributed by atoms with E-state index in [1.165, 1.54) is 18.9 Å². The number of thioether (sulfide) groups is 1. The molecule has 130 valence electrons. The van der Waals surface area contributed by atoms with Crippen LogP contribution in [-0.2, 0) is 10.5 Å². The molecule has 0 aliphatic rings. The van der Waals surface area contributed by atoms with Crippen molar-refractivity contribution in [3.05, 3.63) is 65.9 Å². The molecule has 0 fully saturated rings. The van der Waals surface area contributed by atoms with Crippen molar-refractivity contribution in [2.24, 2.45) is 0 Å². The van der Waals surface area contributed by atoms with E-state index in [1.54, 1.807) is 12.1 Å². The molecule has 2 aromatic heterocycles. The molecular weight excluding hydrogens is 350 g/mol. The van der Waals surface area contributed by atoms with Crippen LogP contribution in [-0.4, -0.2) is 28.3 Å². The second-order valence-electron chi connectivity index (χ2n) is 5.60. The Morgan fingerprint density at radius 3 is 2.77 bits per heavy atom. The molecule has 0 bridgehead atoms. The lowest BCUT2D eigenvalue weighted by molar-refractivity contribution is 0.0600. The Morgan fingerprint density at radius 2 is 1.96 bits per heavy atom. The van der Waals surface area contributed by atoms with Crippen LogP contribution >= 0.6 is 11.8 Å². The zero-order chi connectivity index (χ0) is 17.9. The zero-order valence-electron chi connectivity index (χ0n) is 13.9. The number of H-pyrrole nitrogens is 1. The van der Waals surface area contributed by atoms with E-state index in [2.05, 4.69) is 15.2 Å². The molecule has 0 spiro atoms. The van der Waals surface area contributed by atoms with Crippen molar-refractivity contribution in [2.45, 2.75) is 11.0 Å². The predicted molar refractivity (Wildman–Crippen MR) is 98.9 cm³/mol. The summed E-state index contributed by atoms with van der Waals surface area (Å²) in [6.07, 6.45) is 1.87. The lowest BCUT2D eigenvalue weighted by atomic mass is 10.1. The molecule has 4 aromatic rings. The molecule has 0 amide bonds. The Hall–Kier alpha value is -3.06. The van der Waals surface area contributed by atoms with Gasteiger partial charge in [-0.25, -0.2) is 4.79 Å². The minimum absolute atomic E-state index is 0.343. The maximum atomic E-state index is 11.4. The molecule has 7 heteroatoms. The fourth-order valence-electron chi connectivity index (χ4n) is 2.63. The first-order chi connectivity index (χ1) is 12.7. The highest BCUT2D eigenvalue weighted by Gasteiger charge is 2.13. The zero-order valence-corrected chi connectivity index (χ0v) is 14.7. The van der Waals surface area contributed by atoms with Gasteiger partial charge in [0.05, 0.1) is 18.2 Å². The Labute approximate surface area is 153 Å². The van der Waals surface area contributed by atoms with E-state index in [4.69, 9.17) is 9.15 Å². The van der Waals surface area contributed by atoms with Crippen LogP contribution in [0.5, 0.6) is 0 Å². The smallest absolute Gasteiger partial charge is 0.337 e. The normalized spacial score (nSPS) is 11.0. The minimum Gasteiger partial charge on any atom is -0.465 e. The number of carbonyl (C=O) groups is 1. The number of aromatic nitrogens is 3. The van der Waals surface area contributed by atoms with Crippen molar-refractivity contribution in [2.75, 3.05) is 7.11 Å². The van der Waals surface area contributed by atoms with Crippen molar-refractivity contribution >= 4 is 28.6 Å². The first-order valence-corrected chi connectivity index (χ1v) is 8.93. The SMILES string of the molecule is COC(=O)c1ccc(CSc2nnc(-c3c[nH]c4ccccc34)o2)cc1. The van der Waals surface area contributed by atoms with Gasteiger partial charge in [0.15, 0.2) is 0 Å². The quantitative estimate of drug-likeness (QED) is 0.419. The summed E-state index contributed by atoms with van der Waals surface area (Å²) in [4.78, 5) is 14.6. The van der Waals surface area contributed by atoms with Crippen LogP contribution in [0.4, 0.5) is 0 Å². The van der Waals surface area contributed by atoms with Gasteiger partial charge in [0.1, 0.15) is 0 Å². The molecule has 0 aliphatic heterocycles. The molecule has 26 heavy (non-hydrogen) atoms. The number of benzene rings is 2. The Balaban J connectivity index is 1.46. The highest BCUT2D eigenvalue weighted by atomic mass is 32.2. The summed E-state index contributed by atoms with van der Waals surface area (Å²) >= 11 is 1.45. The van der Waals surface area contributed by atoms with Crippen molar-refractivity contribution in [1.82, 2.24) is 15.2 Å².